The molecule has 1 aliphatic carbocycles. The van der Waals surface area contributed by atoms with Crippen LogP contribution in [0.1, 0.15) is 30.0 Å². The Morgan fingerprint density at radius 3 is 2.59 bits per heavy atom. The Morgan fingerprint density at radius 2 is 1.81 bits per heavy atom. The summed E-state index contributed by atoms with van der Waals surface area (Å²) in [6, 6.07) is 13.7. The largest absolute Gasteiger partial charge is 0.443 e. The van der Waals surface area contributed by atoms with Crippen molar-refractivity contribution in [1.82, 2.24) is 9.80 Å². The van der Waals surface area contributed by atoms with Gasteiger partial charge in [0.25, 0.3) is 0 Å². The van der Waals surface area contributed by atoms with Gasteiger partial charge in [0.2, 0.25) is 0 Å². The van der Waals surface area contributed by atoms with Crippen LogP contribution >= 0.6 is 0 Å². The molecule has 9 heteroatoms. The third kappa shape index (κ3) is 3.72. The molecular formula is C23H23F2N3O4. The third-order valence-corrected chi connectivity index (χ3v) is 6.40. The van der Waals surface area contributed by atoms with Crippen molar-refractivity contribution in [2.24, 2.45) is 0 Å². The zero-order chi connectivity index (χ0) is 22.2. The molecule has 2 atom stereocenters. The summed E-state index contributed by atoms with van der Waals surface area (Å²) in [5.74, 6) is -0.0866. The molecule has 0 spiro atoms. The Hall–Kier alpha value is -3.36. The second kappa shape index (κ2) is 8.29. The van der Waals surface area contributed by atoms with Crippen LogP contribution in [0.15, 0.2) is 48.5 Å². The topological polar surface area (TPSA) is 71.1 Å². The van der Waals surface area contributed by atoms with E-state index in [4.69, 9.17) is 4.74 Å². The van der Waals surface area contributed by atoms with Gasteiger partial charge in [-0.05, 0) is 36.1 Å². The van der Waals surface area contributed by atoms with Gasteiger partial charge in [-0.1, -0.05) is 36.4 Å². The van der Waals surface area contributed by atoms with Crippen molar-refractivity contribution >= 4 is 17.8 Å². The molecule has 0 radical (unpaired) electrons. The number of hydrogen-bond donors (Lipinski definition) is 1. The second-order valence-corrected chi connectivity index (χ2v) is 8.20. The van der Waals surface area contributed by atoms with E-state index in [2.05, 4.69) is 22.2 Å². The number of para-hydroxylation sites is 2. The minimum Gasteiger partial charge on any atom is -0.443 e. The Bertz CT molecular complexity index is 1030. The molecule has 0 aromatic heterocycles. The number of halogens is 2. The number of anilines is 1. The van der Waals surface area contributed by atoms with Crippen molar-refractivity contribution in [1.29, 1.82) is 0 Å². The number of carbonyl (C=O) groups is 2. The zero-order valence-electron chi connectivity index (χ0n) is 17.2. The van der Waals surface area contributed by atoms with Crippen molar-refractivity contribution in [3.05, 3.63) is 59.7 Å². The average Bonchev–Trinajstić information content (AvgIpc) is 3.29. The SMILES string of the molecule is O=C(Nc1ccccc1OC(F)F)N1CCC(N2C(=O)O[C@H]3Cc4ccccc4[C@H]32)CC1. The number of nitrogens with one attached hydrogen (secondary N) is 1. The number of alkyl halides is 2. The molecule has 2 fully saturated rings. The second-order valence-electron chi connectivity index (χ2n) is 8.20. The fourth-order valence-electron chi connectivity index (χ4n) is 4.96. The van der Waals surface area contributed by atoms with Crippen molar-refractivity contribution in [2.75, 3.05) is 18.4 Å². The lowest BCUT2D eigenvalue weighted by molar-refractivity contribution is -0.0493. The Labute approximate surface area is 183 Å². The molecule has 3 amide bonds. The lowest BCUT2D eigenvalue weighted by atomic mass is 9.99. The Morgan fingerprint density at radius 1 is 1.09 bits per heavy atom. The van der Waals surface area contributed by atoms with Gasteiger partial charge in [-0.15, -0.1) is 0 Å². The van der Waals surface area contributed by atoms with E-state index >= 15 is 0 Å². The molecule has 2 heterocycles. The smallest absolute Gasteiger partial charge is 0.411 e. The molecule has 2 saturated heterocycles. The van der Waals surface area contributed by atoms with Crippen molar-refractivity contribution < 1.29 is 27.8 Å². The van der Waals surface area contributed by atoms with E-state index in [1.54, 1.807) is 17.0 Å². The Balaban J connectivity index is 1.23. The summed E-state index contributed by atoms with van der Waals surface area (Å²) in [6.45, 7) is -2.09. The van der Waals surface area contributed by atoms with Gasteiger partial charge in [-0.3, -0.25) is 4.90 Å². The number of urea groups is 1. The highest BCUT2D eigenvalue weighted by molar-refractivity contribution is 5.91. The molecular weight excluding hydrogens is 420 g/mol. The van der Waals surface area contributed by atoms with Crippen LogP contribution in [-0.4, -0.2) is 53.8 Å². The monoisotopic (exact) mass is 443 g/mol. The van der Waals surface area contributed by atoms with Gasteiger partial charge in [0, 0.05) is 25.6 Å². The number of rotatable bonds is 4. The Kier molecular flexibility index (Phi) is 5.32. The molecule has 32 heavy (non-hydrogen) atoms. The first-order valence-electron chi connectivity index (χ1n) is 10.7. The fraction of sp³-hybridized carbons (Fsp3) is 0.391. The number of fused-ring (bicyclic) bond motifs is 3. The standard InChI is InChI=1S/C23H23F2N3O4/c24-21(25)31-18-8-4-3-7-17(18)26-22(29)27-11-9-15(10-12-27)28-20-16-6-2-1-5-14(16)13-19(20)32-23(28)30/h1-8,15,19-21H,9-13H2,(H,26,29)/t19-,20+/m0/s1. The van der Waals surface area contributed by atoms with Gasteiger partial charge in [0.1, 0.15) is 11.9 Å². The molecule has 2 aromatic carbocycles. The van der Waals surface area contributed by atoms with E-state index in [-0.39, 0.29) is 41.7 Å². The maximum Gasteiger partial charge on any atom is 0.411 e. The molecule has 3 aliphatic rings. The van der Waals surface area contributed by atoms with E-state index in [1.165, 1.54) is 17.7 Å². The number of ether oxygens (including phenoxy) is 2. The molecule has 2 aliphatic heterocycles. The lowest BCUT2D eigenvalue weighted by Crippen LogP contribution is -2.48. The summed E-state index contributed by atoms with van der Waals surface area (Å²) in [5.41, 5.74) is 2.54. The number of benzene rings is 2. The van der Waals surface area contributed by atoms with E-state index in [0.29, 0.717) is 25.9 Å². The maximum atomic E-state index is 12.7. The van der Waals surface area contributed by atoms with E-state index in [0.717, 1.165) is 12.0 Å². The number of hydrogen-bond acceptors (Lipinski definition) is 4. The highest BCUT2D eigenvalue weighted by atomic mass is 19.3. The van der Waals surface area contributed by atoms with Crippen LogP contribution in [-0.2, 0) is 11.2 Å². The zero-order valence-corrected chi connectivity index (χ0v) is 17.2. The van der Waals surface area contributed by atoms with Gasteiger partial charge >= 0.3 is 18.7 Å². The third-order valence-electron chi connectivity index (χ3n) is 6.40. The predicted molar refractivity (Wildman–Crippen MR) is 112 cm³/mol. The summed E-state index contributed by atoms with van der Waals surface area (Å²) in [4.78, 5) is 28.8. The van der Waals surface area contributed by atoms with Gasteiger partial charge in [0.05, 0.1) is 11.7 Å². The van der Waals surface area contributed by atoms with Crippen molar-refractivity contribution in [2.45, 2.75) is 44.1 Å². The molecule has 168 valence electrons. The van der Waals surface area contributed by atoms with Crippen molar-refractivity contribution in [3.8, 4) is 5.75 Å². The minimum atomic E-state index is -2.98. The molecule has 2 aromatic rings. The molecule has 0 saturated carbocycles. The van der Waals surface area contributed by atoms with Crippen LogP contribution in [0.25, 0.3) is 0 Å². The van der Waals surface area contributed by atoms with Crippen LogP contribution < -0.4 is 10.1 Å². The van der Waals surface area contributed by atoms with Crippen LogP contribution in [0.4, 0.5) is 24.1 Å². The van der Waals surface area contributed by atoms with E-state index in [9.17, 15) is 18.4 Å². The average molecular weight is 443 g/mol. The number of nitrogens with zero attached hydrogens (tertiary/aromatic N) is 2. The van der Waals surface area contributed by atoms with Gasteiger partial charge < -0.3 is 19.7 Å². The highest BCUT2D eigenvalue weighted by Crippen LogP contribution is 2.44. The van der Waals surface area contributed by atoms with Gasteiger partial charge in [-0.2, -0.15) is 8.78 Å². The number of likely N-dealkylation sites (tertiary alicyclic amines) is 1. The molecule has 0 unspecified atom stereocenters. The summed E-state index contributed by atoms with van der Waals surface area (Å²) in [6.07, 6.45) is 1.50. The normalized spacial score (nSPS) is 22.5. The summed E-state index contributed by atoms with van der Waals surface area (Å²) < 4.78 is 35.4. The first-order valence-corrected chi connectivity index (χ1v) is 10.7. The maximum absolute atomic E-state index is 12.7. The van der Waals surface area contributed by atoms with Crippen LogP contribution in [0.2, 0.25) is 0 Å². The fourth-order valence-corrected chi connectivity index (χ4v) is 4.96. The van der Waals surface area contributed by atoms with E-state index in [1.807, 2.05) is 17.0 Å². The first-order chi connectivity index (χ1) is 15.5. The summed E-state index contributed by atoms with van der Waals surface area (Å²) >= 11 is 0. The van der Waals surface area contributed by atoms with Crippen LogP contribution in [0, 0.1) is 0 Å². The summed E-state index contributed by atoms with van der Waals surface area (Å²) in [7, 11) is 0. The van der Waals surface area contributed by atoms with Crippen LogP contribution in [0.3, 0.4) is 0 Å². The molecule has 1 N–H and O–H groups in total. The van der Waals surface area contributed by atoms with Crippen LogP contribution in [0.5, 0.6) is 5.75 Å². The lowest BCUT2D eigenvalue weighted by Gasteiger charge is -2.37. The minimum absolute atomic E-state index is 0.0258. The van der Waals surface area contributed by atoms with E-state index < -0.39 is 6.61 Å². The predicted octanol–water partition coefficient (Wildman–Crippen LogP) is 4.40. The number of carbonyl (C=O) groups excluding carboxylic acids is 2. The number of amides is 3. The van der Waals surface area contributed by atoms with Gasteiger partial charge in [-0.25, -0.2) is 9.59 Å². The quantitative estimate of drug-likeness (QED) is 0.760. The first kappa shape index (κ1) is 20.5. The number of piperidine rings is 1. The molecule has 0 bridgehead atoms. The molecule has 5 rings (SSSR count). The molecule has 7 nitrogen and oxygen atoms in total. The summed E-state index contributed by atoms with van der Waals surface area (Å²) in [5, 5.41) is 2.65. The van der Waals surface area contributed by atoms with Crippen molar-refractivity contribution in [3.63, 3.8) is 0 Å². The van der Waals surface area contributed by atoms with Gasteiger partial charge in [0.15, 0.2) is 0 Å². The highest BCUT2D eigenvalue weighted by Gasteiger charge is 2.50.